The number of guanidine groups is 1. The van der Waals surface area contributed by atoms with E-state index in [2.05, 4.69) is 55.3 Å². The van der Waals surface area contributed by atoms with Gasteiger partial charge in [-0.25, -0.2) is 4.99 Å². The number of nitrogens with zero attached hydrogens (tertiary/aromatic N) is 3. The fourth-order valence-corrected chi connectivity index (χ4v) is 4.41. The molecule has 2 saturated heterocycles. The highest BCUT2D eigenvalue weighted by molar-refractivity contribution is 5.80. The molecule has 1 aromatic rings. The zero-order chi connectivity index (χ0) is 19.9. The summed E-state index contributed by atoms with van der Waals surface area (Å²) in [5.74, 6) is 2.84. The van der Waals surface area contributed by atoms with E-state index in [0.29, 0.717) is 19.5 Å². The average molecular weight is 385 g/mol. The Morgan fingerprint density at radius 3 is 2.71 bits per heavy atom. The van der Waals surface area contributed by atoms with E-state index in [9.17, 15) is 4.79 Å². The van der Waals surface area contributed by atoms with E-state index in [4.69, 9.17) is 4.99 Å². The van der Waals surface area contributed by atoms with E-state index in [1.807, 2.05) is 4.90 Å². The number of aliphatic imine (C=N–C) groups is 1. The predicted molar refractivity (Wildman–Crippen MR) is 115 cm³/mol. The minimum absolute atomic E-state index is 0.278. The number of hydrogen-bond donors (Lipinski definition) is 1. The van der Waals surface area contributed by atoms with Crippen LogP contribution in [0, 0.1) is 11.8 Å². The number of nitrogens with one attached hydrogen (secondary N) is 1. The Bertz CT molecular complexity index is 685. The molecule has 2 aliphatic heterocycles. The molecule has 1 amide bonds. The molecule has 0 saturated carbocycles. The molecule has 5 heteroatoms. The van der Waals surface area contributed by atoms with Crippen LogP contribution in [0.15, 0.2) is 29.3 Å². The number of likely N-dealkylation sites (tertiary alicyclic amines) is 2. The Morgan fingerprint density at radius 1 is 1.25 bits per heavy atom. The van der Waals surface area contributed by atoms with Crippen LogP contribution in [0.2, 0.25) is 0 Å². The normalized spacial score (nSPS) is 20.5. The van der Waals surface area contributed by atoms with E-state index >= 15 is 0 Å². The highest BCUT2D eigenvalue weighted by atomic mass is 16.2. The molecule has 0 aliphatic carbocycles. The van der Waals surface area contributed by atoms with Crippen LogP contribution in [0.25, 0.3) is 0 Å². The first-order valence-electron chi connectivity index (χ1n) is 10.9. The lowest BCUT2D eigenvalue weighted by Crippen LogP contribution is -2.40. The second kappa shape index (κ2) is 9.94. The van der Waals surface area contributed by atoms with Crippen molar-refractivity contribution in [1.82, 2.24) is 15.1 Å². The summed E-state index contributed by atoms with van der Waals surface area (Å²) in [4.78, 5) is 21.4. The molecule has 1 aromatic carbocycles. The zero-order valence-electron chi connectivity index (χ0n) is 17.8. The fourth-order valence-electron chi connectivity index (χ4n) is 4.41. The van der Waals surface area contributed by atoms with Gasteiger partial charge in [0.25, 0.3) is 0 Å². The largest absolute Gasteiger partial charge is 0.357 e. The van der Waals surface area contributed by atoms with Crippen LogP contribution < -0.4 is 5.32 Å². The van der Waals surface area contributed by atoms with Crippen LogP contribution in [-0.4, -0.2) is 47.8 Å². The molecule has 5 nitrogen and oxygen atoms in total. The predicted octanol–water partition coefficient (Wildman–Crippen LogP) is 3.64. The molecule has 2 fully saturated rings. The number of benzene rings is 1. The maximum atomic E-state index is 12.0. The van der Waals surface area contributed by atoms with Gasteiger partial charge in [0, 0.05) is 39.1 Å². The molecule has 0 aromatic heterocycles. The molecule has 3 rings (SSSR count). The van der Waals surface area contributed by atoms with Crippen LogP contribution in [-0.2, 0) is 17.9 Å². The SMILES string of the molecule is CCNC(=NCc1ccccc1CN1CCCC1=O)N1CCC(CC(C)C)C1. The first-order valence-corrected chi connectivity index (χ1v) is 10.9. The van der Waals surface area contributed by atoms with Crippen molar-refractivity contribution < 1.29 is 4.79 Å². The van der Waals surface area contributed by atoms with Crippen LogP contribution in [0.3, 0.4) is 0 Å². The van der Waals surface area contributed by atoms with Crippen molar-refractivity contribution in [2.45, 2.75) is 59.5 Å². The van der Waals surface area contributed by atoms with Crippen LogP contribution in [0.5, 0.6) is 0 Å². The van der Waals surface area contributed by atoms with E-state index in [1.165, 1.54) is 24.0 Å². The Balaban J connectivity index is 1.67. The molecule has 1 unspecified atom stereocenters. The van der Waals surface area contributed by atoms with Crippen molar-refractivity contribution in [3.8, 4) is 0 Å². The Labute approximate surface area is 170 Å². The van der Waals surface area contributed by atoms with Crippen LogP contribution in [0.1, 0.15) is 57.6 Å². The van der Waals surface area contributed by atoms with Gasteiger partial charge in [0.15, 0.2) is 5.96 Å². The van der Waals surface area contributed by atoms with Crippen molar-refractivity contribution in [2.75, 3.05) is 26.2 Å². The zero-order valence-corrected chi connectivity index (χ0v) is 17.8. The molecular weight excluding hydrogens is 348 g/mol. The summed E-state index contributed by atoms with van der Waals surface area (Å²) in [6.45, 7) is 12.1. The van der Waals surface area contributed by atoms with Crippen molar-refractivity contribution in [2.24, 2.45) is 16.8 Å². The fraction of sp³-hybridized carbons (Fsp3) is 0.652. The molecule has 2 heterocycles. The lowest BCUT2D eigenvalue weighted by molar-refractivity contribution is -0.128. The number of amides is 1. The Kier molecular flexibility index (Phi) is 7.35. The summed E-state index contributed by atoms with van der Waals surface area (Å²) < 4.78 is 0. The molecule has 154 valence electrons. The van der Waals surface area contributed by atoms with Gasteiger partial charge in [-0.15, -0.1) is 0 Å². The summed E-state index contributed by atoms with van der Waals surface area (Å²) in [7, 11) is 0. The monoisotopic (exact) mass is 384 g/mol. The third kappa shape index (κ3) is 5.49. The molecule has 0 bridgehead atoms. The van der Waals surface area contributed by atoms with E-state index in [0.717, 1.165) is 50.4 Å². The minimum Gasteiger partial charge on any atom is -0.357 e. The van der Waals surface area contributed by atoms with Crippen molar-refractivity contribution >= 4 is 11.9 Å². The molecule has 0 spiro atoms. The first-order chi connectivity index (χ1) is 13.6. The number of rotatable bonds is 7. The summed E-state index contributed by atoms with van der Waals surface area (Å²) in [6.07, 6.45) is 4.23. The Morgan fingerprint density at radius 2 is 2.04 bits per heavy atom. The van der Waals surface area contributed by atoms with Gasteiger partial charge in [-0.1, -0.05) is 38.1 Å². The van der Waals surface area contributed by atoms with Gasteiger partial charge < -0.3 is 15.1 Å². The van der Waals surface area contributed by atoms with Gasteiger partial charge in [0.05, 0.1) is 6.54 Å². The molecule has 28 heavy (non-hydrogen) atoms. The first kappa shape index (κ1) is 20.7. The number of carbonyl (C=O) groups is 1. The third-order valence-corrected chi connectivity index (χ3v) is 5.78. The van der Waals surface area contributed by atoms with Crippen molar-refractivity contribution in [1.29, 1.82) is 0 Å². The highest BCUT2D eigenvalue weighted by Crippen LogP contribution is 2.23. The summed E-state index contributed by atoms with van der Waals surface area (Å²) in [6, 6.07) is 8.42. The summed E-state index contributed by atoms with van der Waals surface area (Å²) in [5, 5.41) is 3.48. The second-order valence-corrected chi connectivity index (χ2v) is 8.59. The molecular formula is C23H36N4O. The summed E-state index contributed by atoms with van der Waals surface area (Å²) >= 11 is 0. The maximum absolute atomic E-state index is 12.0. The van der Waals surface area contributed by atoms with Crippen molar-refractivity contribution in [3.63, 3.8) is 0 Å². The van der Waals surface area contributed by atoms with Crippen LogP contribution >= 0.6 is 0 Å². The smallest absolute Gasteiger partial charge is 0.222 e. The van der Waals surface area contributed by atoms with Gasteiger partial charge in [0.1, 0.15) is 0 Å². The third-order valence-electron chi connectivity index (χ3n) is 5.78. The standard InChI is InChI=1S/C23H36N4O/c1-4-24-23(27-13-11-19(16-27)14-18(2)3)25-15-20-8-5-6-9-21(20)17-26-12-7-10-22(26)28/h5-6,8-9,18-19H,4,7,10-17H2,1-3H3,(H,24,25). The average Bonchev–Trinajstić information content (AvgIpc) is 3.28. The van der Waals surface area contributed by atoms with Gasteiger partial charge in [-0.2, -0.15) is 0 Å². The molecule has 0 radical (unpaired) electrons. The van der Waals surface area contributed by atoms with Gasteiger partial charge in [-0.05, 0) is 49.1 Å². The molecule has 2 aliphatic rings. The van der Waals surface area contributed by atoms with Gasteiger partial charge in [-0.3, -0.25) is 4.79 Å². The lowest BCUT2D eigenvalue weighted by atomic mass is 9.97. The lowest BCUT2D eigenvalue weighted by Gasteiger charge is -2.22. The molecule has 1 atom stereocenters. The van der Waals surface area contributed by atoms with Crippen molar-refractivity contribution in [3.05, 3.63) is 35.4 Å². The van der Waals surface area contributed by atoms with Gasteiger partial charge in [0.2, 0.25) is 5.91 Å². The second-order valence-electron chi connectivity index (χ2n) is 8.59. The molecule has 1 N–H and O–H groups in total. The number of hydrogen-bond acceptors (Lipinski definition) is 2. The van der Waals surface area contributed by atoms with E-state index in [-0.39, 0.29) is 5.91 Å². The topological polar surface area (TPSA) is 47.9 Å². The maximum Gasteiger partial charge on any atom is 0.222 e. The van der Waals surface area contributed by atoms with Crippen LogP contribution in [0.4, 0.5) is 0 Å². The quantitative estimate of drug-likeness (QED) is 0.577. The van der Waals surface area contributed by atoms with E-state index in [1.54, 1.807) is 0 Å². The number of carbonyl (C=O) groups excluding carboxylic acids is 1. The van der Waals surface area contributed by atoms with E-state index < -0.39 is 0 Å². The Hall–Kier alpha value is -2.04. The van der Waals surface area contributed by atoms with Gasteiger partial charge >= 0.3 is 0 Å². The highest BCUT2D eigenvalue weighted by Gasteiger charge is 2.25. The minimum atomic E-state index is 0.278. The summed E-state index contributed by atoms with van der Waals surface area (Å²) in [5.41, 5.74) is 2.44.